The molecule has 0 amide bonds. The fraction of sp³-hybridized carbons (Fsp3) is 0.214. The van der Waals surface area contributed by atoms with Crippen molar-refractivity contribution in [1.29, 1.82) is 0 Å². The molecule has 0 spiro atoms. The molecule has 106 valence electrons. The van der Waals surface area contributed by atoms with E-state index in [4.69, 9.17) is 9.84 Å². The van der Waals surface area contributed by atoms with Gasteiger partial charge in [-0.15, -0.1) is 0 Å². The number of aromatic nitrogens is 1. The normalized spacial score (nSPS) is 11.4. The predicted octanol–water partition coefficient (Wildman–Crippen LogP) is 3.69. The molecule has 2 aromatic rings. The minimum atomic E-state index is -4.36. The van der Waals surface area contributed by atoms with Crippen molar-refractivity contribution in [2.75, 3.05) is 0 Å². The molecule has 0 atom stereocenters. The van der Waals surface area contributed by atoms with Crippen molar-refractivity contribution in [2.24, 2.45) is 0 Å². The highest BCUT2D eigenvalue weighted by molar-refractivity contribution is 5.33. The maximum Gasteiger partial charge on any atom is 0.416 e. The number of aliphatic hydroxyl groups excluding tert-OH is 1. The molecule has 3 nitrogen and oxygen atoms in total. The lowest BCUT2D eigenvalue weighted by Gasteiger charge is -2.09. The van der Waals surface area contributed by atoms with Crippen LogP contribution < -0.4 is 4.74 Å². The Kier molecular flexibility index (Phi) is 3.94. The van der Waals surface area contributed by atoms with E-state index in [-0.39, 0.29) is 18.2 Å². The third-order valence-electron chi connectivity index (χ3n) is 2.74. The molecule has 6 heteroatoms. The van der Waals surface area contributed by atoms with Gasteiger partial charge in [-0.2, -0.15) is 13.2 Å². The summed E-state index contributed by atoms with van der Waals surface area (Å²) in [6, 6.07) is 7.58. The summed E-state index contributed by atoms with van der Waals surface area (Å²) in [6.07, 6.45) is -4.36. The van der Waals surface area contributed by atoms with E-state index in [1.807, 2.05) is 0 Å². The number of aliphatic hydroxyl groups is 1. The summed E-state index contributed by atoms with van der Waals surface area (Å²) < 4.78 is 42.6. The first-order valence-corrected chi connectivity index (χ1v) is 5.82. The molecule has 20 heavy (non-hydrogen) atoms. The van der Waals surface area contributed by atoms with E-state index in [9.17, 15) is 13.2 Å². The average molecular weight is 283 g/mol. The number of alkyl halides is 3. The molecule has 1 heterocycles. The van der Waals surface area contributed by atoms with Gasteiger partial charge < -0.3 is 9.84 Å². The second kappa shape index (κ2) is 5.50. The summed E-state index contributed by atoms with van der Waals surface area (Å²) in [5, 5.41) is 9.02. The van der Waals surface area contributed by atoms with Crippen molar-refractivity contribution in [1.82, 2.24) is 4.98 Å². The molecule has 0 saturated heterocycles. The Morgan fingerprint density at radius 1 is 1.10 bits per heavy atom. The predicted molar refractivity (Wildman–Crippen MR) is 66.4 cm³/mol. The quantitative estimate of drug-likeness (QED) is 0.934. The van der Waals surface area contributed by atoms with E-state index < -0.39 is 11.7 Å². The molecule has 0 radical (unpaired) electrons. The van der Waals surface area contributed by atoms with E-state index in [0.717, 1.165) is 12.1 Å². The Morgan fingerprint density at radius 2 is 1.75 bits per heavy atom. The van der Waals surface area contributed by atoms with Crippen LogP contribution in [-0.2, 0) is 12.8 Å². The van der Waals surface area contributed by atoms with Crippen LogP contribution in [0.15, 0.2) is 36.4 Å². The highest BCUT2D eigenvalue weighted by atomic mass is 19.4. The number of benzene rings is 1. The van der Waals surface area contributed by atoms with Crippen LogP contribution >= 0.6 is 0 Å². The Labute approximate surface area is 113 Å². The monoisotopic (exact) mass is 283 g/mol. The third kappa shape index (κ3) is 3.27. The largest absolute Gasteiger partial charge is 0.439 e. The third-order valence-corrected chi connectivity index (χ3v) is 2.74. The summed E-state index contributed by atoms with van der Waals surface area (Å²) in [5.74, 6) is 0.529. The van der Waals surface area contributed by atoms with Gasteiger partial charge in [-0.25, -0.2) is 4.98 Å². The lowest BCUT2D eigenvalue weighted by atomic mass is 10.2. The Bertz CT molecular complexity index is 594. The van der Waals surface area contributed by atoms with Gasteiger partial charge in [0, 0.05) is 11.8 Å². The summed E-state index contributed by atoms with van der Waals surface area (Å²) in [4.78, 5) is 4.11. The second-order valence-electron chi connectivity index (χ2n) is 4.18. The molecule has 0 bridgehead atoms. The molecule has 0 aliphatic heterocycles. The van der Waals surface area contributed by atoms with Gasteiger partial charge in [0.05, 0.1) is 12.2 Å². The molecule has 1 N–H and O–H groups in total. The molecule has 0 saturated carbocycles. The SMILES string of the molecule is Cc1nc(Oc2ccc(C(F)(F)F)cc2)ccc1CO. The molecule has 0 fully saturated rings. The Balaban J connectivity index is 2.16. The van der Waals surface area contributed by atoms with E-state index in [1.54, 1.807) is 19.1 Å². The van der Waals surface area contributed by atoms with Gasteiger partial charge in [0.1, 0.15) is 5.75 Å². The number of hydrogen-bond acceptors (Lipinski definition) is 3. The van der Waals surface area contributed by atoms with Gasteiger partial charge in [0.2, 0.25) is 5.88 Å². The standard InChI is InChI=1S/C14H12F3NO2/c1-9-10(8-19)2-7-13(18-9)20-12-5-3-11(4-6-12)14(15,16)17/h2-7,19H,8H2,1H3. The van der Waals surface area contributed by atoms with E-state index >= 15 is 0 Å². The number of pyridine rings is 1. The number of halogens is 3. The van der Waals surface area contributed by atoms with Crippen LogP contribution in [0.5, 0.6) is 11.6 Å². The summed E-state index contributed by atoms with van der Waals surface area (Å²) in [7, 11) is 0. The van der Waals surface area contributed by atoms with E-state index in [2.05, 4.69) is 4.98 Å². The van der Waals surface area contributed by atoms with Gasteiger partial charge in [-0.3, -0.25) is 0 Å². The molecular weight excluding hydrogens is 271 g/mol. The number of hydrogen-bond donors (Lipinski definition) is 1. The number of rotatable bonds is 3. The highest BCUT2D eigenvalue weighted by Crippen LogP contribution is 2.31. The zero-order chi connectivity index (χ0) is 14.8. The van der Waals surface area contributed by atoms with Gasteiger partial charge in [-0.1, -0.05) is 0 Å². The van der Waals surface area contributed by atoms with Crippen LogP contribution in [0.3, 0.4) is 0 Å². The molecule has 0 aliphatic carbocycles. The van der Waals surface area contributed by atoms with Crippen molar-refractivity contribution >= 4 is 0 Å². The fourth-order valence-corrected chi connectivity index (χ4v) is 1.62. The minimum Gasteiger partial charge on any atom is -0.439 e. The van der Waals surface area contributed by atoms with Crippen LogP contribution in [0.4, 0.5) is 13.2 Å². The van der Waals surface area contributed by atoms with Gasteiger partial charge in [0.15, 0.2) is 0 Å². The Hall–Kier alpha value is -2.08. The highest BCUT2D eigenvalue weighted by Gasteiger charge is 2.30. The van der Waals surface area contributed by atoms with Crippen molar-refractivity contribution in [2.45, 2.75) is 19.7 Å². The summed E-state index contributed by atoms with van der Waals surface area (Å²) >= 11 is 0. The van der Waals surface area contributed by atoms with Crippen LogP contribution in [-0.4, -0.2) is 10.1 Å². The van der Waals surface area contributed by atoms with Crippen LogP contribution in [0.25, 0.3) is 0 Å². The molecule has 1 aromatic heterocycles. The second-order valence-corrected chi connectivity index (χ2v) is 4.18. The number of ether oxygens (including phenoxy) is 1. The summed E-state index contributed by atoms with van der Waals surface area (Å²) in [5.41, 5.74) is 0.547. The first kappa shape index (κ1) is 14.3. The molecule has 1 aromatic carbocycles. The van der Waals surface area contributed by atoms with Gasteiger partial charge in [0.25, 0.3) is 0 Å². The van der Waals surface area contributed by atoms with Crippen molar-refractivity contribution in [3.8, 4) is 11.6 Å². The van der Waals surface area contributed by atoms with Crippen LogP contribution in [0.1, 0.15) is 16.8 Å². The molecule has 0 aliphatic rings. The first-order chi connectivity index (χ1) is 9.40. The van der Waals surface area contributed by atoms with Gasteiger partial charge in [-0.05, 0) is 42.8 Å². The number of nitrogens with zero attached hydrogens (tertiary/aromatic N) is 1. The van der Waals surface area contributed by atoms with E-state index in [1.165, 1.54) is 12.1 Å². The van der Waals surface area contributed by atoms with Crippen molar-refractivity contribution in [3.63, 3.8) is 0 Å². The number of aryl methyl sites for hydroxylation is 1. The van der Waals surface area contributed by atoms with Crippen LogP contribution in [0, 0.1) is 6.92 Å². The van der Waals surface area contributed by atoms with E-state index in [0.29, 0.717) is 11.3 Å². The maximum atomic E-state index is 12.4. The lowest BCUT2D eigenvalue weighted by molar-refractivity contribution is -0.137. The first-order valence-electron chi connectivity index (χ1n) is 5.82. The van der Waals surface area contributed by atoms with Crippen molar-refractivity contribution in [3.05, 3.63) is 53.2 Å². The molecular formula is C14H12F3NO2. The molecule has 0 unspecified atom stereocenters. The lowest BCUT2D eigenvalue weighted by Crippen LogP contribution is -2.04. The topological polar surface area (TPSA) is 42.4 Å². The maximum absolute atomic E-state index is 12.4. The fourth-order valence-electron chi connectivity index (χ4n) is 1.62. The Morgan fingerprint density at radius 3 is 2.25 bits per heavy atom. The van der Waals surface area contributed by atoms with Crippen LogP contribution in [0.2, 0.25) is 0 Å². The minimum absolute atomic E-state index is 0.126. The zero-order valence-corrected chi connectivity index (χ0v) is 10.6. The van der Waals surface area contributed by atoms with Gasteiger partial charge >= 0.3 is 6.18 Å². The van der Waals surface area contributed by atoms with Crippen molar-refractivity contribution < 1.29 is 23.0 Å². The molecule has 2 rings (SSSR count). The zero-order valence-electron chi connectivity index (χ0n) is 10.6. The smallest absolute Gasteiger partial charge is 0.416 e. The summed E-state index contributed by atoms with van der Waals surface area (Å²) in [6.45, 7) is 1.59. The average Bonchev–Trinajstić information content (AvgIpc) is 2.38.